The molecule has 0 N–H and O–H groups in total. The van der Waals surface area contributed by atoms with Crippen LogP contribution < -0.4 is 4.74 Å². The second kappa shape index (κ2) is 9.60. The van der Waals surface area contributed by atoms with E-state index in [4.69, 9.17) is 4.74 Å². The fourth-order valence-corrected chi connectivity index (χ4v) is 7.55. The fraction of sp³-hybridized carbons (Fsp3) is 0.189. The fourth-order valence-electron chi connectivity index (χ4n) is 7.14. The molecule has 0 radical (unpaired) electrons. The molecule has 0 aromatic heterocycles. The van der Waals surface area contributed by atoms with Gasteiger partial charge in [-0.25, -0.2) is 8.78 Å². The lowest BCUT2D eigenvalue weighted by Gasteiger charge is -2.39. The highest BCUT2D eigenvalue weighted by Crippen LogP contribution is 2.60. The van der Waals surface area contributed by atoms with Crippen molar-refractivity contribution in [3.8, 4) is 16.9 Å². The zero-order valence-electron chi connectivity index (χ0n) is 23.3. The summed E-state index contributed by atoms with van der Waals surface area (Å²) in [6.45, 7) is 4.34. The molecule has 0 amide bonds. The van der Waals surface area contributed by atoms with Crippen molar-refractivity contribution < 1.29 is 13.5 Å². The lowest BCUT2D eigenvalue weighted by molar-refractivity contribution is 0.163. The first kappa shape index (κ1) is 26.0. The summed E-state index contributed by atoms with van der Waals surface area (Å²) in [5.74, 6) is 0.107. The third-order valence-electron chi connectivity index (χ3n) is 9.18. The van der Waals surface area contributed by atoms with Crippen LogP contribution in [0.1, 0.15) is 54.5 Å². The molecule has 7 rings (SSSR count). The Hall–Kier alpha value is -3.89. The molecule has 41 heavy (non-hydrogen) atoms. The second-order valence-electron chi connectivity index (χ2n) is 10.9. The summed E-state index contributed by atoms with van der Waals surface area (Å²) in [5.41, 5.74) is 5.86. The third kappa shape index (κ3) is 3.66. The van der Waals surface area contributed by atoms with E-state index in [1.165, 1.54) is 17.0 Å². The average molecular weight is 561 g/mol. The first-order valence-electron chi connectivity index (χ1n) is 14.1. The van der Waals surface area contributed by atoms with Crippen molar-refractivity contribution in [1.29, 1.82) is 0 Å². The van der Waals surface area contributed by atoms with Gasteiger partial charge in [0, 0.05) is 32.4 Å². The first-order valence-corrected chi connectivity index (χ1v) is 15.4. The third-order valence-corrected chi connectivity index (χ3v) is 9.92. The Kier molecular flexibility index (Phi) is 6.09. The number of hydrogen-bond donors (Lipinski definition) is 0. The zero-order chi connectivity index (χ0) is 28.4. The number of fused-ring (bicyclic) bond motifs is 8. The lowest BCUT2D eigenvalue weighted by atomic mass is 9.71. The van der Waals surface area contributed by atoms with Crippen LogP contribution in [0.15, 0.2) is 102 Å². The maximum atomic E-state index is 15.0. The van der Waals surface area contributed by atoms with Crippen LogP contribution in [-0.2, 0) is 11.0 Å². The Bertz CT molecular complexity index is 1840. The molecule has 1 nitrogen and oxygen atoms in total. The van der Waals surface area contributed by atoms with Gasteiger partial charge in [0.15, 0.2) is 5.60 Å². The quantitative estimate of drug-likeness (QED) is 0.198. The number of halogens is 2. The van der Waals surface area contributed by atoms with Crippen LogP contribution in [0.4, 0.5) is 8.78 Å². The summed E-state index contributed by atoms with van der Waals surface area (Å²) >= 11 is 1.70. The van der Waals surface area contributed by atoms with Gasteiger partial charge >= 0.3 is 0 Å². The molecule has 0 saturated heterocycles. The van der Waals surface area contributed by atoms with Crippen LogP contribution in [0.2, 0.25) is 0 Å². The summed E-state index contributed by atoms with van der Waals surface area (Å²) in [6.07, 6.45) is 7.98. The molecule has 1 heterocycles. The molecule has 0 bridgehead atoms. The predicted molar refractivity (Wildman–Crippen MR) is 166 cm³/mol. The highest BCUT2D eigenvalue weighted by molar-refractivity contribution is 7.98. The highest BCUT2D eigenvalue weighted by atomic mass is 32.2. The van der Waals surface area contributed by atoms with Crippen LogP contribution in [0, 0.1) is 11.6 Å². The molecule has 0 fully saturated rings. The average Bonchev–Trinajstić information content (AvgIpc) is 3.31. The summed E-state index contributed by atoms with van der Waals surface area (Å²) in [5, 5.41) is 1.65. The standard InChI is InChI=1S/C37H30F2OS/c1-4-36(5-2)32-22-26(39)14-18-29(32)33-28-17-13-25(38)21-31(28)35-30(34(33)36)19-20-37(40-35,23-9-7-6-8-10-23)24-11-15-27(41-3)16-12-24/h6-22H,4-5H2,1-3H3. The molecule has 5 aromatic carbocycles. The van der Waals surface area contributed by atoms with Gasteiger partial charge in [0.25, 0.3) is 0 Å². The smallest absolute Gasteiger partial charge is 0.178 e. The van der Waals surface area contributed by atoms with E-state index in [0.717, 1.165) is 62.6 Å². The number of thioether (sulfide) groups is 1. The summed E-state index contributed by atoms with van der Waals surface area (Å²) in [7, 11) is 0. The highest BCUT2D eigenvalue weighted by Gasteiger charge is 2.47. The molecular weight excluding hydrogens is 530 g/mol. The van der Waals surface area contributed by atoms with Gasteiger partial charge in [0.05, 0.1) is 0 Å². The van der Waals surface area contributed by atoms with Gasteiger partial charge in [-0.15, -0.1) is 11.8 Å². The van der Waals surface area contributed by atoms with E-state index >= 15 is 0 Å². The monoisotopic (exact) mass is 560 g/mol. The van der Waals surface area contributed by atoms with Gasteiger partial charge in [-0.05, 0) is 89.2 Å². The minimum absolute atomic E-state index is 0.240. The lowest BCUT2D eigenvalue weighted by Crippen LogP contribution is -2.35. The zero-order valence-corrected chi connectivity index (χ0v) is 24.1. The van der Waals surface area contributed by atoms with Crippen LogP contribution in [0.3, 0.4) is 0 Å². The Morgan fingerprint density at radius 3 is 2.15 bits per heavy atom. The van der Waals surface area contributed by atoms with Gasteiger partial charge in [-0.1, -0.05) is 74.5 Å². The minimum atomic E-state index is -0.905. The SMILES string of the molecule is CCC1(CC)c2cc(F)ccc2-c2c1c1c(c3cc(F)ccc23)OC(c2ccccc2)(c2ccc(SC)cc2)C=C1. The Labute approximate surface area is 243 Å². The molecule has 2 aliphatic rings. The van der Waals surface area contributed by atoms with Crippen molar-refractivity contribution in [2.45, 2.75) is 42.6 Å². The molecule has 1 atom stereocenters. The number of benzene rings is 5. The van der Waals surface area contributed by atoms with Crippen LogP contribution in [0.5, 0.6) is 5.75 Å². The van der Waals surface area contributed by atoms with Crippen molar-refractivity contribution in [2.24, 2.45) is 0 Å². The molecule has 1 aliphatic carbocycles. The normalized spacial score (nSPS) is 18.1. The van der Waals surface area contributed by atoms with Crippen molar-refractivity contribution in [3.63, 3.8) is 0 Å². The van der Waals surface area contributed by atoms with E-state index in [0.29, 0.717) is 5.75 Å². The van der Waals surface area contributed by atoms with Crippen LogP contribution in [0.25, 0.3) is 28.0 Å². The van der Waals surface area contributed by atoms with E-state index in [2.05, 4.69) is 68.7 Å². The molecule has 1 unspecified atom stereocenters. The number of ether oxygens (including phenoxy) is 1. The van der Waals surface area contributed by atoms with E-state index in [-0.39, 0.29) is 17.0 Å². The van der Waals surface area contributed by atoms with E-state index in [1.807, 2.05) is 30.3 Å². The van der Waals surface area contributed by atoms with Crippen molar-refractivity contribution in [1.82, 2.24) is 0 Å². The second-order valence-corrected chi connectivity index (χ2v) is 11.8. The van der Waals surface area contributed by atoms with E-state index < -0.39 is 5.60 Å². The molecule has 1 aliphatic heterocycles. The van der Waals surface area contributed by atoms with Gasteiger partial charge in [-0.2, -0.15) is 0 Å². The first-order chi connectivity index (χ1) is 20.0. The topological polar surface area (TPSA) is 9.23 Å². The van der Waals surface area contributed by atoms with Crippen molar-refractivity contribution >= 4 is 28.6 Å². The van der Waals surface area contributed by atoms with Gasteiger partial charge in [-0.3, -0.25) is 0 Å². The van der Waals surface area contributed by atoms with Gasteiger partial charge in [0.2, 0.25) is 0 Å². The summed E-state index contributed by atoms with van der Waals surface area (Å²) in [6, 6.07) is 28.7. The van der Waals surface area contributed by atoms with Gasteiger partial charge in [0.1, 0.15) is 17.4 Å². The molecule has 204 valence electrons. The summed E-state index contributed by atoms with van der Waals surface area (Å²) in [4.78, 5) is 1.17. The van der Waals surface area contributed by atoms with Gasteiger partial charge < -0.3 is 4.74 Å². The minimum Gasteiger partial charge on any atom is -0.472 e. The van der Waals surface area contributed by atoms with Crippen molar-refractivity contribution in [2.75, 3.05) is 6.26 Å². The molecule has 0 saturated carbocycles. The molecular formula is C37H30F2OS. The van der Waals surface area contributed by atoms with Crippen LogP contribution in [-0.4, -0.2) is 6.26 Å². The Morgan fingerprint density at radius 2 is 1.44 bits per heavy atom. The Morgan fingerprint density at radius 1 is 0.756 bits per heavy atom. The maximum absolute atomic E-state index is 15.0. The van der Waals surface area contributed by atoms with E-state index in [1.54, 1.807) is 23.9 Å². The molecule has 0 spiro atoms. The predicted octanol–water partition coefficient (Wildman–Crippen LogP) is 10.3. The molecule has 5 aromatic rings. The largest absolute Gasteiger partial charge is 0.472 e. The van der Waals surface area contributed by atoms with E-state index in [9.17, 15) is 8.78 Å². The summed E-state index contributed by atoms with van der Waals surface area (Å²) < 4.78 is 37.0. The number of rotatable bonds is 5. The Balaban J connectivity index is 1.58. The molecule has 4 heteroatoms. The van der Waals surface area contributed by atoms with Crippen LogP contribution >= 0.6 is 11.8 Å². The van der Waals surface area contributed by atoms with Crippen molar-refractivity contribution in [3.05, 3.63) is 137 Å². The maximum Gasteiger partial charge on any atom is 0.178 e. The number of hydrogen-bond acceptors (Lipinski definition) is 2.